The summed E-state index contributed by atoms with van der Waals surface area (Å²) in [6.07, 6.45) is 2.39. The van der Waals surface area contributed by atoms with Crippen LogP contribution in [0.2, 0.25) is 0 Å². The van der Waals surface area contributed by atoms with E-state index in [-0.39, 0.29) is 17.9 Å². The largest absolute Gasteiger partial charge is 0.330 e. The molecule has 114 valence electrons. The molecule has 5 heteroatoms. The number of nitrogens with one attached hydrogen (secondary N) is 1. The number of hydrogen-bond donors (Lipinski definition) is 1. The number of aromatic nitrogens is 1. The number of hydrogen-bond acceptors (Lipinski definition) is 2. The first kappa shape index (κ1) is 14.5. The van der Waals surface area contributed by atoms with Gasteiger partial charge in [-0.1, -0.05) is 12.1 Å². The Hall–Kier alpha value is -2.43. The molecule has 1 aliphatic heterocycles. The fourth-order valence-electron chi connectivity index (χ4n) is 2.68. The summed E-state index contributed by atoms with van der Waals surface area (Å²) in [5.74, 6) is -0.222. The minimum Gasteiger partial charge on any atom is -0.330 e. The van der Waals surface area contributed by atoms with Gasteiger partial charge in [0, 0.05) is 19.3 Å². The number of carbonyl (C=O) groups excluding carboxylic acids is 1. The van der Waals surface area contributed by atoms with Crippen LogP contribution in [0.5, 0.6) is 0 Å². The molecule has 1 aromatic carbocycles. The number of amides is 2. The highest BCUT2D eigenvalue weighted by Crippen LogP contribution is 2.20. The van der Waals surface area contributed by atoms with E-state index in [9.17, 15) is 9.18 Å². The van der Waals surface area contributed by atoms with E-state index < -0.39 is 0 Å². The Balaban J connectivity index is 1.65. The molecule has 1 unspecified atom stereocenters. The van der Waals surface area contributed by atoms with E-state index in [1.165, 1.54) is 6.07 Å². The third kappa shape index (κ3) is 3.08. The van der Waals surface area contributed by atoms with Crippen molar-refractivity contribution in [1.29, 1.82) is 0 Å². The molecule has 0 aliphatic carbocycles. The standard InChI is InChI=1S/C17H18FN3O/c1-12(16-4-2-3-8-19-16)20-17(22)21-9-7-13-10-15(18)6-5-14(13)11-21/h2-6,8,10,12H,7,9,11H2,1H3,(H,20,22). The minimum atomic E-state index is -0.222. The van der Waals surface area contributed by atoms with Gasteiger partial charge in [-0.25, -0.2) is 9.18 Å². The summed E-state index contributed by atoms with van der Waals surface area (Å²) in [7, 11) is 0. The molecule has 1 aromatic heterocycles. The van der Waals surface area contributed by atoms with Gasteiger partial charge in [0.25, 0.3) is 0 Å². The van der Waals surface area contributed by atoms with Gasteiger partial charge in [0.1, 0.15) is 5.82 Å². The Morgan fingerprint density at radius 2 is 2.18 bits per heavy atom. The number of urea groups is 1. The second-order valence-corrected chi connectivity index (χ2v) is 5.51. The van der Waals surface area contributed by atoms with Crippen molar-refractivity contribution in [3.05, 3.63) is 65.2 Å². The first-order chi connectivity index (χ1) is 10.6. The van der Waals surface area contributed by atoms with Gasteiger partial charge in [0.15, 0.2) is 0 Å². The second-order valence-electron chi connectivity index (χ2n) is 5.51. The molecule has 0 bridgehead atoms. The zero-order valence-electron chi connectivity index (χ0n) is 12.4. The van der Waals surface area contributed by atoms with Crippen LogP contribution >= 0.6 is 0 Å². The maximum absolute atomic E-state index is 13.2. The number of carbonyl (C=O) groups is 1. The summed E-state index contributed by atoms with van der Waals surface area (Å²) >= 11 is 0. The molecule has 22 heavy (non-hydrogen) atoms. The molecule has 4 nitrogen and oxygen atoms in total. The Kier molecular flexibility index (Phi) is 4.04. The first-order valence-electron chi connectivity index (χ1n) is 7.37. The zero-order valence-corrected chi connectivity index (χ0v) is 12.4. The van der Waals surface area contributed by atoms with Crippen LogP contribution in [0.25, 0.3) is 0 Å². The maximum atomic E-state index is 13.2. The van der Waals surface area contributed by atoms with Crippen LogP contribution < -0.4 is 5.32 Å². The van der Waals surface area contributed by atoms with Crippen molar-refractivity contribution in [1.82, 2.24) is 15.2 Å². The summed E-state index contributed by atoms with van der Waals surface area (Å²) in [6.45, 7) is 3.01. The number of rotatable bonds is 2. The quantitative estimate of drug-likeness (QED) is 0.926. The van der Waals surface area contributed by atoms with Crippen LogP contribution in [-0.2, 0) is 13.0 Å². The third-order valence-electron chi connectivity index (χ3n) is 3.94. The topological polar surface area (TPSA) is 45.2 Å². The molecular weight excluding hydrogens is 281 g/mol. The average Bonchev–Trinajstić information content (AvgIpc) is 2.55. The van der Waals surface area contributed by atoms with Crippen molar-refractivity contribution in [2.45, 2.75) is 25.9 Å². The lowest BCUT2D eigenvalue weighted by Crippen LogP contribution is -2.43. The SMILES string of the molecule is CC(NC(=O)N1CCc2cc(F)ccc2C1)c1ccccn1. The number of pyridine rings is 1. The van der Waals surface area contributed by atoms with E-state index in [4.69, 9.17) is 0 Å². The fraction of sp³-hybridized carbons (Fsp3) is 0.294. The molecule has 2 aromatic rings. The van der Waals surface area contributed by atoms with E-state index in [2.05, 4.69) is 10.3 Å². The van der Waals surface area contributed by atoms with Crippen LogP contribution in [-0.4, -0.2) is 22.5 Å². The van der Waals surface area contributed by atoms with Crippen molar-refractivity contribution < 1.29 is 9.18 Å². The van der Waals surface area contributed by atoms with Crippen LogP contribution in [0.4, 0.5) is 9.18 Å². The van der Waals surface area contributed by atoms with Gasteiger partial charge in [-0.2, -0.15) is 0 Å². The summed E-state index contributed by atoms with van der Waals surface area (Å²) in [6, 6.07) is 10.1. The van der Waals surface area contributed by atoms with E-state index in [1.54, 1.807) is 23.2 Å². The Morgan fingerprint density at radius 1 is 1.32 bits per heavy atom. The Labute approximate surface area is 129 Å². The number of fused-ring (bicyclic) bond motifs is 1. The predicted octanol–water partition coefficient (Wildman–Crippen LogP) is 3.05. The van der Waals surface area contributed by atoms with E-state index in [1.807, 2.05) is 25.1 Å². The smallest absolute Gasteiger partial charge is 0.318 e. The van der Waals surface area contributed by atoms with Crippen molar-refractivity contribution in [2.75, 3.05) is 6.54 Å². The normalized spacial score (nSPS) is 15.1. The zero-order chi connectivity index (χ0) is 15.5. The molecule has 2 amide bonds. The Morgan fingerprint density at radius 3 is 2.95 bits per heavy atom. The van der Waals surface area contributed by atoms with Gasteiger partial charge in [0.05, 0.1) is 11.7 Å². The molecule has 0 fully saturated rings. The molecule has 3 rings (SSSR count). The number of benzene rings is 1. The van der Waals surface area contributed by atoms with Crippen LogP contribution in [0.15, 0.2) is 42.6 Å². The fourth-order valence-corrected chi connectivity index (χ4v) is 2.68. The summed E-state index contributed by atoms with van der Waals surface area (Å²) < 4.78 is 13.2. The molecule has 1 atom stereocenters. The highest BCUT2D eigenvalue weighted by atomic mass is 19.1. The molecule has 1 aliphatic rings. The van der Waals surface area contributed by atoms with Gasteiger partial charge in [-0.15, -0.1) is 0 Å². The lowest BCUT2D eigenvalue weighted by atomic mass is 10.00. The highest BCUT2D eigenvalue weighted by Gasteiger charge is 2.22. The predicted molar refractivity (Wildman–Crippen MR) is 81.7 cm³/mol. The maximum Gasteiger partial charge on any atom is 0.318 e. The third-order valence-corrected chi connectivity index (χ3v) is 3.94. The molecule has 2 heterocycles. The van der Waals surface area contributed by atoms with E-state index in [0.717, 1.165) is 16.8 Å². The lowest BCUT2D eigenvalue weighted by Gasteiger charge is -2.30. The lowest BCUT2D eigenvalue weighted by molar-refractivity contribution is 0.189. The van der Waals surface area contributed by atoms with Crippen molar-refractivity contribution >= 4 is 6.03 Å². The van der Waals surface area contributed by atoms with Gasteiger partial charge in [-0.05, 0) is 48.7 Å². The second kappa shape index (κ2) is 6.13. The van der Waals surface area contributed by atoms with Crippen molar-refractivity contribution in [3.63, 3.8) is 0 Å². The van der Waals surface area contributed by atoms with E-state index >= 15 is 0 Å². The number of nitrogens with zero attached hydrogens (tertiary/aromatic N) is 2. The molecule has 0 saturated carbocycles. The first-order valence-corrected chi connectivity index (χ1v) is 7.37. The molecule has 1 N–H and O–H groups in total. The molecule has 0 spiro atoms. The summed E-state index contributed by atoms with van der Waals surface area (Å²) in [4.78, 5) is 18.4. The molecule has 0 saturated heterocycles. The molecule has 0 radical (unpaired) electrons. The Bertz CT molecular complexity index is 675. The van der Waals surface area contributed by atoms with Crippen LogP contribution in [0, 0.1) is 5.82 Å². The van der Waals surface area contributed by atoms with E-state index in [0.29, 0.717) is 19.5 Å². The van der Waals surface area contributed by atoms with Crippen molar-refractivity contribution in [3.8, 4) is 0 Å². The number of halogens is 1. The van der Waals surface area contributed by atoms with Crippen molar-refractivity contribution in [2.24, 2.45) is 0 Å². The van der Waals surface area contributed by atoms with Gasteiger partial charge in [0.2, 0.25) is 0 Å². The molecular formula is C17H18FN3O. The van der Waals surface area contributed by atoms with Gasteiger partial charge >= 0.3 is 6.03 Å². The summed E-state index contributed by atoms with van der Waals surface area (Å²) in [5.41, 5.74) is 2.82. The van der Waals surface area contributed by atoms with Gasteiger partial charge in [-0.3, -0.25) is 4.98 Å². The summed E-state index contributed by atoms with van der Waals surface area (Å²) in [5, 5.41) is 2.96. The van der Waals surface area contributed by atoms with Gasteiger partial charge < -0.3 is 10.2 Å². The van der Waals surface area contributed by atoms with Crippen LogP contribution in [0.1, 0.15) is 29.8 Å². The highest BCUT2D eigenvalue weighted by molar-refractivity contribution is 5.75. The minimum absolute atomic E-state index is 0.117. The van der Waals surface area contributed by atoms with Crippen LogP contribution in [0.3, 0.4) is 0 Å². The monoisotopic (exact) mass is 299 g/mol. The average molecular weight is 299 g/mol.